The van der Waals surface area contributed by atoms with Crippen molar-refractivity contribution in [3.63, 3.8) is 0 Å². The SMILES string of the molecule is C=CNC(=O)Cc1ccc(Nc2ncc(Br)c(NCCc3cnc[nH]3)n2)cc1. The van der Waals surface area contributed by atoms with Crippen LogP contribution in [0.4, 0.5) is 17.5 Å². The number of hydrogen-bond donors (Lipinski definition) is 4. The van der Waals surface area contributed by atoms with Gasteiger partial charge in [0.15, 0.2) is 0 Å². The van der Waals surface area contributed by atoms with Gasteiger partial charge in [0.25, 0.3) is 0 Å². The maximum Gasteiger partial charge on any atom is 0.229 e. The van der Waals surface area contributed by atoms with Crippen LogP contribution < -0.4 is 16.0 Å². The number of H-pyrrole nitrogens is 1. The lowest BCUT2D eigenvalue weighted by Gasteiger charge is -2.10. The van der Waals surface area contributed by atoms with E-state index in [1.54, 1.807) is 18.7 Å². The number of rotatable bonds is 9. The first kappa shape index (κ1) is 19.6. The van der Waals surface area contributed by atoms with Crippen molar-refractivity contribution in [3.05, 3.63) is 71.5 Å². The number of aromatic amines is 1. The molecular weight excluding hydrogens is 422 g/mol. The van der Waals surface area contributed by atoms with E-state index in [1.165, 1.54) is 6.20 Å². The van der Waals surface area contributed by atoms with Crippen LogP contribution >= 0.6 is 15.9 Å². The van der Waals surface area contributed by atoms with E-state index < -0.39 is 0 Å². The Kier molecular flexibility index (Phi) is 6.74. The Balaban J connectivity index is 1.59. The van der Waals surface area contributed by atoms with Gasteiger partial charge in [0.2, 0.25) is 11.9 Å². The first-order valence-corrected chi connectivity index (χ1v) is 9.43. The Morgan fingerprint density at radius 1 is 1.25 bits per heavy atom. The highest BCUT2D eigenvalue weighted by molar-refractivity contribution is 9.10. The van der Waals surface area contributed by atoms with Gasteiger partial charge in [-0.3, -0.25) is 4.79 Å². The molecule has 0 unspecified atom stereocenters. The summed E-state index contributed by atoms with van der Waals surface area (Å²) in [6.07, 6.45) is 7.64. The minimum Gasteiger partial charge on any atom is -0.369 e. The number of anilines is 3. The fraction of sp³-hybridized carbons (Fsp3) is 0.158. The molecule has 2 heterocycles. The first-order chi connectivity index (χ1) is 13.6. The van der Waals surface area contributed by atoms with Gasteiger partial charge in [0.1, 0.15) is 5.82 Å². The molecule has 28 heavy (non-hydrogen) atoms. The number of imidazole rings is 1. The summed E-state index contributed by atoms with van der Waals surface area (Å²) in [5, 5.41) is 9.01. The zero-order valence-corrected chi connectivity index (χ0v) is 16.7. The summed E-state index contributed by atoms with van der Waals surface area (Å²) >= 11 is 3.46. The molecule has 0 aliphatic rings. The Morgan fingerprint density at radius 3 is 2.79 bits per heavy atom. The van der Waals surface area contributed by atoms with E-state index in [2.05, 4.69) is 58.4 Å². The third-order valence-corrected chi connectivity index (χ3v) is 4.40. The van der Waals surface area contributed by atoms with Crippen LogP contribution in [-0.4, -0.2) is 32.4 Å². The number of benzene rings is 1. The molecule has 9 heteroatoms. The quantitative estimate of drug-likeness (QED) is 0.406. The van der Waals surface area contributed by atoms with Crippen molar-refractivity contribution in [2.24, 2.45) is 0 Å². The van der Waals surface area contributed by atoms with Crippen LogP contribution in [0.15, 0.2) is 60.2 Å². The molecule has 0 aliphatic carbocycles. The van der Waals surface area contributed by atoms with Gasteiger partial charge in [0.05, 0.1) is 17.2 Å². The Bertz CT molecular complexity index is 926. The molecule has 0 bridgehead atoms. The van der Waals surface area contributed by atoms with E-state index in [4.69, 9.17) is 0 Å². The van der Waals surface area contributed by atoms with Crippen molar-refractivity contribution in [3.8, 4) is 0 Å². The zero-order valence-electron chi connectivity index (χ0n) is 15.1. The first-order valence-electron chi connectivity index (χ1n) is 8.64. The molecule has 3 rings (SSSR count). The van der Waals surface area contributed by atoms with Crippen LogP contribution in [0.5, 0.6) is 0 Å². The molecule has 0 saturated carbocycles. The number of amides is 1. The highest BCUT2D eigenvalue weighted by Gasteiger charge is 2.07. The van der Waals surface area contributed by atoms with Crippen molar-refractivity contribution in [1.29, 1.82) is 0 Å². The van der Waals surface area contributed by atoms with Crippen molar-refractivity contribution in [1.82, 2.24) is 25.3 Å². The molecule has 0 atom stereocenters. The maximum absolute atomic E-state index is 11.6. The van der Waals surface area contributed by atoms with E-state index in [9.17, 15) is 4.79 Å². The predicted molar refractivity (Wildman–Crippen MR) is 112 cm³/mol. The van der Waals surface area contributed by atoms with E-state index in [0.29, 0.717) is 24.7 Å². The molecule has 4 N–H and O–H groups in total. The summed E-state index contributed by atoms with van der Waals surface area (Å²) in [6.45, 7) is 4.19. The number of halogens is 1. The highest BCUT2D eigenvalue weighted by Crippen LogP contribution is 2.22. The predicted octanol–water partition coefficient (Wildman–Crippen LogP) is 3.16. The van der Waals surface area contributed by atoms with Gasteiger partial charge in [-0.15, -0.1) is 0 Å². The zero-order chi connectivity index (χ0) is 19.8. The molecule has 0 aliphatic heterocycles. The van der Waals surface area contributed by atoms with Crippen LogP contribution in [0.3, 0.4) is 0 Å². The summed E-state index contributed by atoms with van der Waals surface area (Å²) in [5.41, 5.74) is 2.79. The normalized spacial score (nSPS) is 10.3. The Morgan fingerprint density at radius 2 is 2.07 bits per heavy atom. The summed E-state index contributed by atoms with van der Waals surface area (Å²) in [6, 6.07) is 7.53. The van der Waals surface area contributed by atoms with Gasteiger partial charge in [0, 0.05) is 36.7 Å². The minimum atomic E-state index is -0.0993. The molecular formula is C19H20BrN7O. The van der Waals surface area contributed by atoms with Crippen LogP contribution in [0.1, 0.15) is 11.3 Å². The summed E-state index contributed by atoms with van der Waals surface area (Å²) in [7, 11) is 0. The third kappa shape index (κ3) is 5.65. The lowest BCUT2D eigenvalue weighted by Crippen LogP contribution is -2.18. The Hall–Kier alpha value is -3.20. The van der Waals surface area contributed by atoms with Crippen molar-refractivity contribution < 1.29 is 4.79 Å². The largest absolute Gasteiger partial charge is 0.369 e. The summed E-state index contributed by atoms with van der Waals surface area (Å²) in [4.78, 5) is 27.4. The van der Waals surface area contributed by atoms with Crippen LogP contribution in [0, 0.1) is 0 Å². The molecule has 0 saturated heterocycles. The van der Waals surface area contributed by atoms with Gasteiger partial charge in [-0.1, -0.05) is 18.7 Å². The van der Waals surface area contributed by atoms with Crippen LogP contribution in [0.2, 0.25) is 0 Å². The average Bonchev–Trinajstić information content (AvgIpc) is 3.19. The maximum atomic E-state index is 11.6. The molecule has 0 fully saturated rings. The molecule has 0 spiro atoms. The smallest absolute Gasteiger partial charge is 0.229 e. The van der Waals surface area contributed by atoms with Crippen LogP contribution in [-0.2, 0) is 17.6 Å². The molecule has 1 aromatic carbocycles. The lowest BCUT2D eigenvalue weighted by molar-refractivity contribution is -0.119. The van der Waals surface area contributed by atoms with E-state index >= 15 is 0 Å². The van der Waals surface area contributed by atoms with Crippen LogP contribution in [0.25, 0.3) is 0 Å². The number of hydrogen-bond acceptors (Lipinski definition) is 6. The second-order valence-corrected chi connectivity index (χ2v) is 6.77. The molecule has 8 nitrogen and oxygen atoms in total. The number of carbonyl (C=O) groups is 1. The van der Waals surface area contributed by atoms with Gasteiger partial charge in [-0.25, -0.2) is 9.97 Å². The molecule has 2 aromatic heterocycles. The lowest BCUT2D eigenvalue weighted by atomic mass is 10.1. The van der Waals surface area contributed by atoms with E-state index in [-0.39, 0.29) is 5.91 Å². The molecule has 3 aromatic rings. The molecule has 144 valence electrons. The second kappa shape index (κ2) is 9.65. The standard InChI is InChI=1S/C19H20BrN7O/c1-2-22-17(28)9-13-3-5-14(6-4-13)26-19-24-11-16(20)18(27-19)23-8-7-15-10-21-12-25-15/h2-6,10-12H,1,7-9H2,(H,21,25)(H,22,28)(H2,23,24,26,27). The monoisotopic (exact) mass is 441 g/mol. The summed E-state index contributed by atoms with van der Waals surface area (Å²) < 4.78 is 0.784. The molecule has 1 amide bonds. The fourth-order valence-electron chi connectivity index (χ4n) is 2.47. The van der Waals surface area contributed by atoms with Crippen molar-refractivity contribution in [2.75, 3.05) is 17.2 Å². The number of nitrogens with one attached hydrogen (secondary N) is 4. The highest BCUT2D eigenvalue weighted by atomic mass is 79.9. The van der Waals surface area contributed by atoms with E-state index in [1.807, 2.05) is 24.3 Å². The Labute approximate surface area is 171 Å². The van der Waals surface area contributed by atoms with Crippen molar-refractivity contribution >= 4 is 39.3 Å². The number of aromatic nitrogens is 4. The third-order valence-electron chi connectivity index (χ3n) is 3.82. The van der Waals surface area contributed by atoms with E-state index in [0.717, 1.165) is 27.8 Å². The fourth-order valence-corrected chi connectivity index (χ4v) is 2.80. The van der Waals surface area contributed by atoms with Gasteiger partial charge in [-0.05, 0) is 39.8 Å². The van der Waals surface area contributed by atoms with Gasteiger partial charge >= 0.3 is 0 Å². The van der Waals surface area contributed by atoms with Gasteiger partial charge < -0.3 is 20.9 Å². The second-order valence-electron chi connectivity index (χ2n) is 5.91. The van der Waals surface area contributed by atoms with Crippen molar-refractivity contribution in [2.45, 2.75) is 12.8 Å². The number of nitrogens with zero attached hydrogens (tertiary/aromatic N) is 3. The minimum absolute atomic E-state index is 0.0993. The average molecular weight is 442 g/mol. The topological polar surface area (TPSA) is 108 Å². The molecule has 0 radical (unpaired) electrons. The summed E-state index contributed by atoms with van der Waals surface area (Å²) in [5.74, 6) is 1.08. The number of carbonyl (C=O) groups excluding carboxylic acids is 1. The van der Waals surface area contributed by atoms with Gasteiger partial charge in [-0.2, -0.15) is 4.98 Å².